The lowest BCUT2D eigenvalue weighted by Gasteiger charge is -2.07. The fourth-order valence-corrected chi connectivity index (χ4v) is 2.03. The van der Waals surface area contributed by atoms with Crippen molar-refractivity contribution in [3.8, 4) is 0 Å². The molecular formula is C13H11BrN6O. The summed E-state index contributed by atoms with van der Waals surface area (Å²) in [7, 11) is 0. The van der Waals surface area contributed by atoms with E-state index < -0.39 is 0 Å². The van der Waals surface area contributed by atoms with Gasteiger partial charge in [0.1, 0.15) is 6.33 Å². The number of nitrogens with zero attached hydrogens (tertiary/aromatic N) is 4. The van der Waals surface area contributed by atoms with Crippen molar-refractivity contribution in [1.29, 1.82) is 0 Å². The number of anilines is 1. The molecule has 0 aliphatic heterocycles. The number of carbonyl (C=O) groups excluding carboxylic acids is 1. The predicted octanol–water partition coefficient (Wildman–Crippen LogP) is 1.57. The van der Waals surface area contributed by atoms with Crippen molar-refractivity contribution in [1.82, 2.24) is 25.2 Å². The zero-order chi connectivity index (χ0) is 14.7. The maximum atomic E-state index is 11.8. The lowest BCUT2D eigenvalue weighted by atomic mass is 10.1. The molecule has 1 amide bonds. The van der Waals surface area contributed by atoms with Crippen LogP contribution >= 0.6 is 15.9 Å². The van der Waals surface area contributed by atoms with E-state index in [1.54, 1.807) is 12.1 Å². The van der Waals surface area contributed by atoms with E-state index in [1.165, 1.54) is 10.8 Å². The minimum Gasteiger partial charge on any atom is -0.280 e. The Balaban J connectivity index is 1.58. The van der Waals surface area contributed by atoms with Gasteiger partial charge < -0.3 is 0 Å². The zero-order valence-corrected chi connectivity index (χ0v) is 12.4. The Morgan fingerprint density at radius 3 is 2.81 bits per heavy atom. The molecule has 0 bridgehead atoms. The second-order valence-electron chi connectivity index (χ2n) is 4.33. The maximum absolute atomic E-state index is 11.8. The van der Waals surface area contributed by atoms with E-state index in [9.17, 15) is 4.79 Å². The summed E-state index contributed by atoms with van der Waals surface area (Å²) in [6.07, 6.45) is 1.78. The van der Waals surface area contributed by atoms with Crippen LogP contribution in [0.1, 0.15) is 5.56 Å². The van der Waals surface area contributed by atoms with Gasteiger partial charge in [-0.1, -0.05) is 28.1 Å². The van der Waals surface area contributed by atoms with E-state index in [4.69, 9.17) is 0 Å². The highest BCUT2D eigenvalue weighted by Gasteiger charge is 2.04. The van der Waals surface area contributed by atoms with E-state index in [0.717, 1.165) is 10.0 Å². The second-order valence-corrected chi connectivity index (χ2v) is 5.24. The second kappa shape index (κ2) is 5.88. The lowest BCUT2D eigenvalue weighted by molar-refractivity contribution is -0.119. The van der Waals surface area contributed by atoms with E-state index in [0.29, 0.717) is 11.5 Å². The Bertz CT molecular complexity index is 770. The van der Waals surface area contributed by atoms with Crippen LogP contribution in [0.25, 0.3) is 5.65 Å². The van der Waals surface area contributed by atoms with Gasteiger partial charge in [-0.25, -0.2) is 0 Å². The van der Waals surface area contributed by atoms with Crippen molar-refractivity contribution in [3.05, 3.63) is 52.8 Å². The number of halogens is 1. The molecule has 3 aromatic rings. The molecular weight excluding hydrogens is 336 g/mol. The van der Waals surface area contributed by atoms with Gasteiger partial charge in [-0.3, -0.25) is 15.6 Å². The van der Waals surface area contributed by atoms with E-state index in [1.807, 2.05) is 24.3 Å². The van der Waals surface area contributed by atoms with Gasteiger partial charge in [0.2, 0.25) is 5.91 Å². The number of benzene rings is 1. The van der Waals surface area contributed by atoms with Crippen molar-refractivity contribution in [2.75, 3.05) is 5.43 Å². The summed E-state index contributed by atoms with van der Waals surface area (Å²) in [6, 6.07) is 11.1. The van der Waals surface area contributed by atoms with Crippen molar-refractivity contribution in [3.63, 3.8) is 0 Å². The monoisotopic (exact) mass is 346 g/mol. The maximum Gasteiger partial charge on any atom is 0.242 e. The summed E-state index contributed by atoms with van der Waals surface area (Å²) in [6.45, 7) is 0. The Kier molecular flexibility index (Phi) is 3.78. The Hall–Kier alpha value is -2.48. The first-order valence-electron chi connectivity index (χ1n) is 6.17. The van der Waals surface area contributed by atoms with Crippen molar-refractivity contribution < 1.29 is 4.79 Å². The van der Waals surface area contributed by atoms with Gasteiger partial charge in [0.05, 0.1) is 6.42 Å². The molecule has 8 heteroatoms. The molecule has 0 saturated carbocycles. The molecule has 106 valence electrons. The van der Waals surface area contributed by atoms with Crippen LogP contribution in [0.2, 0.25) is 0 Å². The molecule has 2 heterocycles. The SMILES string of the molecule is O=C(Cc1ccc(Br)cc1)NNc1ccc2nncn2n1. The molecule has 0 radical (unpaired) electrons. The molecule has 0 aliphatic rings. The topological polar surface area (TPSA) is 84.2 Å². The number of carbonyl (C=O) groups is 1. The third-order valence-electron chi connectivity index (χ3n) is 2.77. The molecule has 0 spiro atoms. The molecule has 21 heavy (non-hydrogen) atoms. The Morgan fingerprint density at radius 1 is 1.19 bits per heavy atom. The number of fused-ring (bicyclic) bond motifs is 1. The number of hydrogen-bond acceptors (Lipinski definition) is 5. The molecule has 0 unspecified atom stereocenters. The smallest absolute Gasteiger partial charge is 0.242 e. The number of nitrogens with one attached hydrogen (secondary N) is 2. The number of aromatic nitrogens is 4. The molecule has 2 N–H and O–H groups in total. The van der Waals surface area contributed by atoms with Crippen LogP contribution in [0.15, 0.2) is 47.2 Å². The number of amides is 1. The van der Waals surface area contributed by atoms with Gasteiger partial charge >= 0.3 is 0 Å². The van der Waals surface area contributed by atoms with Crippen LogP contribution in [0, 0.1) is 0 Å². The summed E-state index contributed by atoms with van der Waals surface area (Å²) >= 11 is 3.36. The molecule has 2 aromatic heterocycles. The van der Waals surface area contributed by atoms with Gasteiger partial charge in [-0.15, -0.1) is 15.3 Å². The van der Waals surface area contributed by atoms with Crippen LogP contribution in [-0.2, 0) is 11.2 Å². The summed E-state index contributed by atoms with van der Waals surface area (Å²) in [5, 5.41) is 11.8. The first-order chi connectivity index (χ1) is 10.2. The van der Waals surface area contributed by atoms with Crippen LogP contribution in [0.5, 0.6) is 0 Å². The third-order valence-corrected chi connectivity index (χ3v) is 3.30. The minimum atomic E-state index is -0.150. The van der Waals surface area contributed by atoms with Gasteiger partial charge in [0, 0.05) is 4.47 Å². The molecule has 0 saturated heterocycles. The highest BCUT2D eigenvalue weighted by atomic mass is 79.9. The quantitative estimate of drug-likeness (QED) is 0.700. The first-order valence-corrected chi connectivity index (χ1v) is 6.96. The highest BCUT2D eigenvalue weighted by Crippen LogP contribution is 2.10. The largest absolute Gasteiger partial charge is 0.280 e. The van der Waals surface area contributed by atoms with Gasteiger partial charge in [-0.2, -0.15) is 4.52 Å². The lowest BCUT2D eigenvalue weighted by Crippen LogP contribution is -2.31. The first kappa shape index (κ1) is 13.5. The van der Waals surface area contributed by atoms with Gasteiger partial charge in [-0.05, 0) is 29.8 Å². The average molecular weight is 347 g/mol. The minimum absolute atomic E-state index is 0.150. The molecule has 3 rings (SSSR count). The van der Waals surface area contributed by atoms with E-state index in [-0.39, 0.29) is 12.3 Å². The predicted molar refractivity (Wildman–Crippen MR) is 80.4 cm³/mol. The van der Waals surface area contributed by atoms with Crippen LogP contribution in [0.3, 0.4) is 0 Å². The van der Waals surface area contributed by atoms with E-state index >= 15 is 0 Å². The van der Waals surface area contributed by atoms with Crippen LogP contribution in [0.4, 0.5) is 5.82 Å². The van der Waals surface area contributed by atoms with E-state index in [2.05, 4.69) is 42.1 Å². The van der Waals surface area contributed by atoms with Gasteiger partial charge in [0.15, 0.2) is 11.5 Å². The summed E-state index contributed by atoms with van der Waals surface area (Å²) in [5.74, 6) is 0.356. The Labute approximate surface area is 128 Å². The molecule has 1 aromatic carbocycles. The molecule has 0 aliphatic carbocycles. The highest BCUT2D eigenvalue weighted by molar-refractivity contribution is 9.10. The summed E-state index contributed by atoms with van der Waals surface area (Å²) < 4.78 is 2.50. The third kappa shape index (κ3) is 3.34. The van der Waals surface area contributed by atoms with Gasteiger partial charge in [0.25, 0.3) is 0 Å². The average Bonchev–Trinajstić information content (AvgIpc) is 2.95. The van der Waals surface area contributed by atoms with Crippen molar-refractivity contribution in [2.24, 2.45) is 0 Å². The number of hydrazine groups is 1. The van der Waals surface area contributed by atoms with Crippen molar-refractivity contribution >= 4 is 33.3 Å². The zero-order valence-electron chi connectivity index (χ0n) is 10.8. The molecule has 0 fully saturated rings. The standard InChI is InChI=1S/C13H11BrN6O/c14-10-3-1-9(2-4-10)7-13(21)18-16-11-5-6-12-17-15-8-20(12)19-11/h1-6,8H,7H2,(H,16,19)(H,18,21). The number of rotatable bonds is 4. The van der Waals surface area contributed by atoms with Crippen LogP contribution < -0.4 is 10.9 Å². The molecule has 0 atom stereocenters. The summed E-state index contributed by atoms with van der Waals surface area (Å²) in [4.78, 5) is 11.8. The normalized spacial score (nSPS) is 10.5. The number of hydrogen-bond donors (Lipinski definition) is 2. The fourth-order valence-electron chi connectivity index (χ4n) is 1.76. The molecule has 7 nitrogen and oxygen atoms in total. The Morgan fingerprint density at radius 2 is 2.00 bits per heavy atom. The summed E-state index contributed by atoms with van der Waals surface area (Å²) in [5.41, 5.74) is 6.93. The fraction of sp³-hybridized carbons (Fsp3) is 0.0769. The van der Waals surface area contributed by atoms with Crippen molar-refractivity contribution in [2.45, 2.75) is 6.42 Å². The van der Waals surface area contributed by atoms with Crippen LogP contribution in [-0.4, -0.2) is 25.7 Å².